The quantitative estimate of drug-likeness (QED) is 0.888. The summed E-state index contributed by atoms with van der Waals surface area (Å²) in [5, 5.41) is 12.5. The van der Waals surface area contributed by atoms with Gasteiger partial charge in [-0.15, -0.1) is 0 Å². The van der Waals surface area contributed by atoms with E-state index in [-0.39, 0.29) is 6.42 Å². The fourth-order valence-corrected chi connectivity index (χ4v) is 2.19. The molecule has 0 aliphatic heterocycles. The first kappa shape index (κ1) is 10.8. The molecule has 0 bridgehead atoms. The fourth-order valence-electron chi connectivity index (χ4n) is 1.52. The van der Waals surface area contributed by atoms with Crippen molar-refractivity contribution in [3.05, 3.63) is 46.4 Å². The highest BCUT2D eigenvalue weighted by molar-refractivity contribution is 7.08. The molecule has 82 valence electrons. The Labute approximate surface area is 96.0 Å². The minimum absolute atomic E-state index is 0.158. The summed E-state index contributed by atoms with van der Waals surface area (Å²) in [5.74, 6) is -1.36. The molecule has 0 aliphatic carbocycles. The lowest BCUT2D eigenvalue weighted by Gasteiger charge is -2.02. The highest BCUT2D eigenvalue weighted by Gasteiger charge is 2.06. The number of carboxylic acids is 1. The van der Waals surface area contributed by atoms with Crippen LogP contribution < -0.4 is 0 Å². The number of carboxylic acid groups (broad SMARTS) is 1. The SMILES string of the molecule is O=C(O)Cc1cc(F)cc(-c2ccsc2)c1. The number of hydrogen-bond acceptors (Lipinski definition) is 2. The first-order valence-corrected chi connectivity index (χ1v) is 5.63. The van der Waals surface area contributed by atoms with Crippen molar-refractivity contribution in [1.82, 2.24) is 0 Å². The molecule has 16 heavy (non-hydrogen) atoms. The normalized spacial score (nSPS) is 10.3. The maximum absolute atomic E-state index is 13.3. The van der Waals surface area contributed by atoms with Gasteiger partial charge >= 0.3 is 5.97 Å². The van der Waals surface area contributed by atoms with Crippen molar-refractivity contribution in [3.63, 3.8) is 0 Å². The second-order valence-electron chi connectivity index (χ2n) is 3.43. The number of aliphatic carboxylic acids is 1. The molecule has 0 saturated carbocycles. The molecule has 0 unspecified atom stereocenters. The van der Waals surface area contributed by atoms with Crippen LogP contribution in [0.3, 0.4) is 0 Å². The van der Waals surface area contributed by atoms with Crippen molar-refractivity contribution in [2.45, 2.75) is 6.42 Å². The van der Waals surface area contributed by atoms with Crippen LogP contribution in [-0.2, 0) is 11.2 Å². The van der Waals surface area contributed by atoms with E-state index in [4.69, 9.17) is 5.11 Å². The van der Waals surface area contributed by atoms with Crippen molar-refractivity contribution in [2.24, 2.45) is 0 Å². The molecule has 2 nitrogen and oxygen atoms in total. The van der Waals surface area contributed by atoms with E-state index >= 15 is 0 Å². The van der Waals surface area contributed by atoms with E-state index in [1.807, 2.05) is 16.8 Å². The van der Waals surface area contributed by atoms with Crippen LogP contribution in [0.15, 0.2) is 35.0 Å². The zero-order valence-electron chi connectivity index (χ0n) is 8.31. The molecular weight excluding hydrogens is 227 g/mol. The number of benzene rings is 1. The number of rotatable bonds is 3. The van der Waals surface area contributed by atoms with Gasteiger partial charge in [-0.2, -0.15) is 11.3 Å². The van der Waals surface area contributed by atoms with Crippen molar-refractivity contribution >= 4 is 17.3 Å². The van der Waals surface area contributed by atoms with E-state index in [2.05, 4.69) is 0 Å². The number of halogens is 1. The molecular formula is C12H9FO2S. The van der Waals surface area contributed by atoms with Gasteiger partial charge in [0, 0.05) is 0 Å². The van der Waals surface area contributed by atoms with Crippen LogP contribution in [0.1, 0.15) is 5.56 Å². The van der Waals surface area contributed by atoms with Crippen molar-refractivity contribution in [3.8, 4) is 11.1 Å². The summed E-state index contributed by atoms with van der Waals surface area (Å²) >= 11 is 1.52. The summed E-state index contributed by atoms with van der Waals surface area (Å²) < 4.78 is 13.3. The number of hydrogen-bond donors (Lipinski definition) is 1. The highest BCUT2D eigenvalue weighted by Crippen LogP contribution is 2.24. The number of thiophene rings is 1. The van der Waals surface area contributed by atoms with Gasteiger partial charge in [-0.05, 0) is 45.6 Å². The Bertz CT molecular complexity index is 506. The third kappa shape index (κ3) is 2.46. The molecule has 2 rings (SSSR count). The van der Waals surface area contributed by atoms with Crippen molar-refractivity contribution < 1.29 is 14.3 Å². The molecule has 2 aromatic rings. The van der Waals surface area contributed by atoms with Crippen LogP contribution in [0.2, 0.25) is 0 Å². The zero-order chi connectivity index (χ0) is 11.5. The van der Waals surface area contributed by atoms with E-state index < -0.39 is 11.8 Å². The lowest BCUT2D eigenvalue weighted by Crippen LogP contribution is -2.00. The van der Waals surface area contributed by atoms with Gasteiger partial charge in [0.05, 0.1) is 6.42 Å². The molecule has 0 saturated heterocycles. The predicted octanol–water partition coefficient (Wildman–Crippen LogP) is 3.18. The van der Waals surface area contributed by atoms with E-state index in [1.54, 1.807) is 6.07 Å². The standard InChI is InChI=1S/C12H9FO2S/c13-11-4-8(5-12(14)15)3-10(6-11)9-1-2-16-7-9/h1-4,6-7H,5H2,(H,14,15). The van der Waals surface area contributed by atoms with E-state index in [0.717, 1.165) is 11.1 Å². The maximum Gasteiger partial charge on any atom is 0.307 e. The molecule has 0 atom stereocenters. The largest absolute Gasteiger partial charge is 0.481 e. The summed E-state index contributed by atoms with van der Waals surface area (Å²) in [6.45, 7) is 0. The number of carbonyl (C=O) groups is 1. The van der Waals surface area contributed by atoms with Gasteiger partial charge in [-0.3, -0.25) is 4.79 Å². The average molecular weight is 236 g/mol. The zero-order valence-corrected chi connectivity index (χ0v) is 9.13. The maximum atomic E-state index is 13.3. The molecule has 0 aliphatic rings. The van der Waals surface area contributed by atoms with Gasteiger partial charge in [-0.25, -0.2) is 4.39 Å². The molecule has 0 spiro atoms. The minimum Gasteiger partial charge on any atom is -0.481 e. The van der Waals surface area contributed by atoms with E-state index in [9.17, 15) is 9.18 Å². The molecule has 0 radical (unpaired) electrons. The van der Waals surface area contributed by atoms with Crippen LogP contribution >= 0.6 is 11.3 Å². The Morgan fingerprint density at radius 2 is 2.12 bits per heavy atom. The first-order chi connectivity index (χ1) is 7.65. The Kier molecular flexibility index (Phi) is 3.01. The Morgan fingerprint density at radius 1 is 1.31 bits per heavy atom. The van der Waals surface area contributed by atoms with Gasteiger partial charge in [0.1, 0.15) is 5.82 Å². The summed E-state index contributed by atoms with van der Waals surface area (Å²) in [7, 11) is 0. The topological polar surface area (TPSA) is 37.3 Å². The second-order valence-corrected chi connectivity index (χ2v) is 4.21. The highest BCUT2D eigenvalue weighted by atomic mass is 32.1. The molecule has 4 heteroatoms. The van der Waals surface area contributed by atoms with Crippen LogP contribution in [0.5, 0.6) is 0 Å². The van der Waals surface area contributed by atoms with Crippen LogP contribution in [0, 0.1) is 5.82 Å². The monoisotopic (exact) mass is 236 g/mol. The lowest BCUT2D eigenvalue weighted by molar-refractivity contribution is -0.136. The summed E-state index contributed by atoms with van der Waals surface area (Å²) in [5.41, 5.74) is 2.11. The Hall–Kier alpha value is -1.68. The molecule has 1 aromatic carbocycles. The second kappa shape index (κ2) is 4.45. The predicted molar refractivity (Wildman–Crippen MR) is 61.1 cm³/mol. The molecule has 1 heterocycles. The van der Waals surface area contributed by atoms with Gasteiger partial charge in [-0.1, -0.05) is 6.07 Å². The third-order valence-corrected chi connectivity index (χ3v) is 2.85. The van der Waals surface area contributed by atoms with Crippen molar-refractivity contribution in [1.29, 1.82) is 0 Å². The van der Waals surface area contributed by atoms with Gasteiger partial charge < -0.3 is 5.11 Å². The van der Waals surface area contributed by atoms with Crippen LogP contribution in [0.4, 0.5) is 4.39 Å². The molecule has 0 amide bonds. The van der Waals surface area contributed by atoms with Crippen molar-refractivity contribution in [2.75, 3.05) is 0 Å². The Morgan fingerprint density at radius 3 is 2.75 bits per heavy atom. The van der Waals surface area contributed by atoms with Gasteiger partial charge in [0.25, 0.3) is 0 Å². The van der Waals surface area contributed by atoms with Gasteiger partial charge in [0.15, 0.2) is 0 Å². The summed E-state index contributed by atoms with van der Waals surface area (Å²) in [6, 6.07) is 6.25. The third-order valence-electron chi connectivity index (χ3n) is 2.17. The fraction of sp³-hybridized carbons (Fsp3) is 0.0833. The summed E-state index contributed by atoms with van der Waals surface area (Å²) in [6.07, 6.45) is -0.158. The van der Waals surface area contributed by atoms with Gasteiger partial charge in [0.2, 0.25) is 0 Å². The summed E-state index contributed by atoms with van der Waals surface area (Å²) in [4.78, 5) is 10.6. The minimum atomic E-state index is -0.957. The molecule has 0 fully saturated rings. The van der Waals surface area contributed by atoms with E-state index in [0.29, 0.717) is 5.56 Å². The van der Waals surface area contributed by atoms with Crippen LogP contribution in [0.25, 0.3) is 11.1 Å². The molecule has 1 N–H and O–H groups in total. The first-order valence-electron chi connectivity index (χ1n) is 4.69. The van der Waals surface area contributed by atoms with E-state index in [1.165, 1.54) is 23.5 Å². The molecule has 1 aromatic heterocycles. The smallest absolute Gasteiger partial charge is 0.307 e. The van der Waals surface area contributed by atoms with Crippen LogP contribution in [-0.4, -0.2) is 11.1 Å². The Balaban J connectivity index is 2.40. The average Bonchev–Trinajstić information content (AvgIpc) is 2.67. The lowest BCUT2D eigenvalue weighted by atomic mass is 10.0.